The van der Waals surface area contributed by atoms with Crippen LogP contribution in [0.4, 0.5) is 4.79 Å². The smallest absolute Gasteiger partial charge is 0.431 e. The Morgan fingerprint density at radius 1 is 1.05 bits per heavy atom. The Morgan fingerprint density at radius 2 is 1.58 bits per heavy atom. The molecule has 0 saturated heterocycles. The minimum atomic E-state index is -0.755. The second kappa shape index (κ2) is 7.33. The van der Waals surface area contributed by atoms with Gasteiger partial charge in [0, 0.05) is 6.04 Å². The molecule has 0 aliphatic rings. The molecule has 6 heteroatoms. The molecule has 0 radical (unpaired) electrons. The molecule has 0 heterocycles. The van der Waals surface area contributed by atoms with Crippen LogP contribution in [0.3, 0.4) is 0 Å². The SMILES string of the molecule is CC(C)NC(=O)[C@@H](ONC(=O)OC(C)(C)C)C(C)C. The lowest BCUT2D eigenvalue weighted by atomic mass is 10.1. The summed E-state index contributed by atoms with van der Waals surface area (Å²) in [5, 5.41) is 2.74. The van der Waals surface area contributed by atoms with Crippen molar-refractivity contribution >= 4 is 12.0 Å². The van der Waals surface area contributed by atoms with Gasteiger partial charge in [-0.1, -0.05) is 13.8 Å². The second-order valence-corrected chi connectivity index (χ2v) is 6.05. The summed E-state index contributed by atoms with van der Waals surface area (Å²) in [4.78, 5) is 28.4. The first-order valence-corrected chi connectivity index (χ1v) is 6.48. The van der Waals surface area contributed by atoms with Crippen LogP contribution in [0.5, 0.6) is 0 Å². The molecule has 0 aliphatic heterocycles. The largest absolute Gasteiger partial charge is 0.442 e. The number of carbonyl (C=O) groups is 2. The molecule has 2 amide bonds. The van der Waals surface area contributed by atoms with E-state index in [1.165, 1.54) is 0 Å². The Bertz CT molecular complexity index is 308. The maximum absolute atomic E-state index is 11.9. The number of carbonyl (C=O) groups excluding carboxylic acids is 2. The maximum atomic E-state index is 11.9. The molecule has 0 aromatic rings. The fourth-order valence-electron chi connectivity index (χ4n) is 1.27. The average Bonchev–Trinajstić information content (AvgIpc) is 2.12. The van der Waals surface area contributed by atoms with Gasteiger partial charge in [0.05, 0.1) is 0 Å². The molecule has 0 aromatic carbocycles. The first-order valence-electron chi connectivity index (χ1n) is 6.48. The van der Waals surface area contributed by atoms with Gasteiger partial charge in [0.2, 0.25) is 0 Å². The predicted octanol–water partition coefficient (Wildman–Crippen LogP) is 1.99. The summed E-state index contributed by atoms with van der Waals surface area (Å²) in [7, 11) is 0. The normalized spacial score (nSPS) is 13.3. The fraction of sp³-hybridized carbons (Fsp3) is 0.846. The van der Waals surface area contributed by atoms with E-state index >= 15 is 0 Å². The van der Waals surface area contributed by atoms with Gasteiger partial charge < -0.3 is 10.1 Å². The molecule has 19 heavy (non-hydrogen) atoms. The van der Waals surface area contributed by atoms with Crippen LogP contribution in [0.1, 0.15) is 48.5 Å². The molecular formula is C13H26N2O4. The number of nitrogens with one attached hydrogen (secondary N) is 2. The molecule has 0 aromatic heterocycles. The highest BCUT2D eigenvalue weighted by atomic mass is 16.7. The lowest BCUT2D eigenvalue weighted by molar-refractivity contribution is -0.142. The van der Waals surface area contributed by atoms with Crippen LogP contribution in [0.2, 0.25) is 0 Å². The highest BCUT2D eigenvalue weighted by Crippen LogP contribution is 2.09. The maximum Gasteiger partial charge on any atom is 0.431 e. The minimum absolute atomic E-state index is 0.0128. The van der Waals surface area contributed by atoms with Gasteiger partial charge in [-0.3, -0.25) is 9.63 Å². The van der Waals surface area contributed by atoms with E-state index in [0.29, 0.717) is 0 Å². The quantitative estimate of drug-likeness (QED) is 0.752. The zero-order valence-electron chi connectivity index (χ0n) is 12.9. The van der Waals surface area contributed by atoms with Crippen molar-refractivity contribution in [2.24, 2.45) is 5.92 Å². The third-order valence-electron chi connectivity index (χ3n) is 1.96. The lowest BCUT2D eigenvalue weighted by Gasteiger charge is -2.23. The highest BCUT2D eigenvalue weighted by molar-refractivity contribution is 5.81. The summed E-state index contributed by atoms with van der Waals surface area (Å²) in [5.41, 5.74) is 1.54. The van der Waals surface area contributed by atoms with Crippen molar-refractivity contribution in [3.05, 3.63) is 0 Å². The molecule has 0 fully saturated rings. The van der Waals surface area contributed by atoms with Crippen LogP contribution in [-0.4, -0.2) is 29.7 Å². The van der Waals surface area contributed by atoms with E-state index in [0.717, 1.165) is 0 Å². The van der Waals surface area contributed by atoms with Crippen molar-refractivity contribution in [1.82, 2.24) is 10.8 Å². The molecule has 0 aliphatic carbocycles. The van der Waals surface area contributed by atoms with E-state index in [-0.39, 0.29) is 17.9 Å². The first kappa shape index (κ1) is 17.7. The number of hydrogen-bond acceptors (Lipinski definition) is 4. The van der Waals surface area contributed by atoms with Crippen molar-refractivity contribution in [3.8, 4) is 0 Å². The summed E-state index contributed by atoms with van der Waals surface area (Å²) >= 11 is 0. The first-order chi connectivity index (χ1) is 8.53. The standard InChI is InChI=1S/C13H26N2O4/c1-8(2)10(11(16)14-9(3)4)19-15-12(17)18-13(5,6)7/h8-10H,1-7H3,(H,14,16)(H,15,17)/t10-/m0/s1. The van der Waals surface area contributed by atoms with Gasteiger partial charge in [-0.2, -0.15) is 5.48 Å². The van der Waals surface area contributed by atoms with Crippen LogP contribution >= 0.6 is 0 Å². The number of hydroxylamine groups is 1. The molecule has 112 valence electrons. The van der Waals surface area contributed by atoms with Crippen LogP contribution in [0.25, 0.3) is 0 Å². The van der Waals surface area contributed by atoms with Gasteiger partial charge in [-0.25, -0.2) is 4.79 Å². The molecule has 0 spiro atoms. The van der Waals surface area contributed by atoms with E-state index in [4.69, 9.17) is 9.57 Å². The molecular weight excluding hydrogens is 248 g/mol. The number of rotatable bonds is 5. The van der Waals surface area contributed by atoms with E-state index in [1.54, 1.807) is 20.8 Å². The van der Waals surface area contributed by atoms with Crippen molar-refractivity contribution in [1.29, 1.82) is 0 Å². The predicted molar refractivity (Wildman–Crippen MR) is 72.4 cm³/mol. The molecule has 6 nitrogen and oxygen atoms in total. The Balaban J connectivity index is 4.37. The van der Waals surface area contributed by atoms with E-state index in [1.807, 2.05) is 27.7 Å². The third-order valence-corrected chi connectivity index (χ3v) is 1.96. The van der Waals surface area contributed by atoms with Gasteiger partial charge in [-0.05, 0) is 40.5 Å². The van der Waals surface area contributed by atoms with Gasteiger partial charge in [0.1, 0.15) is 5.60 Å². The number of ether oxygens (including phenoxy) is 1. The minimum Gasteiger partial charge on any atom is -0.442 e. The van der Waals surface area contributed by atoms with Crippen LogP contribution in [0.15, 0.2) is 0 Å². The topological polar surface area (TPSA) is 76.7 Å². The monoisotopic (exact) mass is 274 g/mol. The molecule has 2 N–H and O–H groups in total. The Hall–Kier alpha value is -1.30. The van der Waals surface area contributed by atoms with Gasteiger partial charge in [0.15, 0.2) is 6.10 Å². The van der Waals surface area contributed by atoms with Crippen LogP contribution in [-0.2, 0) is 14.4 Å². The zero-order valence-corrected chi connectivity index (χ0v) is 12.9. The van der Waals surface area contributed by atoms with Gasteiger partial charge >= 0.3 is 6.09 Å². The van der Waals surface area contributed by atoms with Gasteiger partial charge in [-0.15, -0.1) is 0 Å². The van der Waals surface area contributed by atoms with Crippen molar-refractivity contribution < 1.29 is 19.2 Å². The summed E-state index contributed by atoms with van der Waals surface area (Å²) in [6.45, 7) is 12.6. The van der Waals surface area contributed by atoms with E-state index < -0.39 is 17.8 Å². The second-order valence-electron chi connectivity index (χ2n) is 6.05. The Kier molecular flexibility index (Phi) is 6.83. The Morgan fingerprint density at radius 3 is 1.95 bits per heavy atom. The van der Waals surface area contributed by atoms with Crippen molar-refractivity contribution in [2.45, 2.75) is 66.2 Å². The van der Waals surface area contributed by atoms with Crippen LogP contribution in [0, 0.1) is 5.92 Å². The van der Waals surface area contributed by atoms with Gasteiger partial charge in [0.25, 0.3) is 5.91 Å². The molecule has 0 saturated carbocycles. The molecule has 0 rings (SSSR count). The van der Waals surface area contributed by atoms with Crippen molar-refractivity contribution in [2.75, 3.05) is 0 Å². The summed E-state index contributed by atoms with van der Waals surface area (Å²) < 4.78 is 5.02. The summed E-state index contributed by atoms with van der Waals surface area (Å²) in [6.07, 6.45) is -1.47. The average molecular weight is 274 g/mol. The molecule has 1 atom stereocenters. The number of amides is 2. The van der Waals surface area contributed by atoms with Crippen LogP contribution < -0.4 is 10.8 Å². The lowest BCUT2D eigenvalue weighted by Crippen LogP contribution is -2.46. The third kappa shape index (κ3) is 8.42. The molecule has 0 bridgehead atoms. The zero-order chi connectivity index (χ0) is 15.2. The highest BCUT2D eigenvalue weighted by Gasteiger charge is 2.26. The number of hydrogen-bond donors (Lipinski definition) is 2. The summed E-state index contributed by atoms with van der Waals surface area (Å²) in [6, 6.07) is 0.0128. The van der Waals surface area contributed by atoms with E-state index in [2.05, 4.69) is 10.8 Å². The van der Waals surface area contributed by atoms with Crippen molar-refractivity contribution in [3.63, 3.8) is 0 Å². The van der Waals surface area contributed by atoms with E-state index in [9.17, 15) is 9.59 Å². The Labute approximate surface area is 115 Å². The molecule has 0 unspecified atom stereocenters. The fourth-order valence-corrected chi connectivity index (χ4v) is 1.27. The summed E-state index contributed by atoms with van der Waals surface area (Å²) in [5.74, 6) is -0.338.